The normalized spacial score (nSPS) is 10.1. The highest BCUT2D eigenvalue weighted by atomic mass is 79.9. The maximum atomic E-state index is 13.3. The van der Waals surface area contributed by atoms with Crippen molar-refractivity contribution in [2.75, 3.05) is 0 Å². The Kier molecular flexibility index (Phi) is 4.99. The minimum absolute atomic E-state index is 0.179. The van der Waals surface area contributed by atoms with E-state index >= 15 is 0 Å². The Bertz CT molecular complexity index is 669. The second kappa shape index (κ2) is 6.74. The number of halogens is 3. The van der Waals surface area contributed by atoms with Crippen LogP contribution >= 0.6 is 27.5 Å². The van der Waals surface area contributed by atoms with E-state index in [1.54, 1.807) is 12.1 Å². The summed E-state index contributed by atoms with van der Waals surface area (Å²) in [4.78, 5) is 0. The van der Waals surface area contributed by atoms with Crippen molar-refractivity contribution in [3.63, 3.8) is 0 Å². The largest absolute Gasteiger partial charge is 0.489 e. The van der Waals surface area contributed by atoms with Gasteiger partial charge in [-0.3, -0.25) is 0 Å². The van der Waals surface area contributed by atoms with Crippen molar-refractivity contribution < 1.29 is 9.13 Å². The quantitative estimate of drug-likeness (QED) is 0.740. The van der Waals surface area contributed by atoms with Crippen LogP contribution in [0.3, 0.4) is 0 Å². The third-order valence-corrected chi connectivity index (χ3v) is 3.43. The highest BCUT2D eigenvalue weighted by molar-refractivity contribution is 9.10. The highest BCUT2D eigenvalue weighted by Gasteiger charge is 2.06. The van der Waals surface area contributed by atoms with Crippen LogP contribution < -0.4 is 4.74 Å². The first kappa shape index (κ1) is 14.8. The lowest BCUT2D eigenvalue weighted by molar-refractivity contribution is 0.303. The molecule has 0 N–H and O–H groups in total. The van der Waals surface area contributed by atoms with Crippen LogP contribution in [-0.2, 0) is 12.5 Å². The van der Waals surface area contributed by atoms with Crippen molar-refractivity contribution in [3.05, 3.63) is 63.4 Å². The lowest BCUT2D eigenvalue weighted by Gasteiger charge is -2.10. The number of ether oxygens (including phenoxy) is 1. The van der Waals surface area contributed by atoms with Gasteiger partial charge in [-0.15, -0.1) is 11.6 Å². The Morgan fingerprint density at radius 3 is 2.75 bits per heavy atom. The summed E-state index contributed by atoms with van der Waals surface area (Å²) in [6, 6.07) is 11.6. The van der Waals surface area contributed by atoms with Crippen molar-refractivity contribution in [2.24, 2.45) is 0 Å². The molecule has 0 radical (unpaired) electrons. The molecule has 0 atom stereocenters. The number of alkyl halides is 1. The topological polar surface area (TPSA) is 33.0 Å². The van der Waals surface area contributed by atoms with Gasteiger partial charge in [0.25, 0.3) is 0 Å². The zero-order valence-corrected chi connectivity index (χ0v) is 12.7. The summed E-state index contributed by atoms with van der Waals surface area (Å²) in [7, 11) is 0. The molecule has 20 heavy (non-hydrogen) atoms. The van der Waals surface area contributed by atoms with Gasteiger partial charge in [-0.25, -0.2) is 4.39 Å². The highest BCUT2D eigenvalue weighted by Crippen LogP contribution is 2.25. The van der Waals surface area contributed by atoms with E-state index in [0.717, 1.165) is 10.0 Å². The van der Waals surface area contributed by atoms with Gasteiger partial charge in [0.2, 0.25) is 0 Å². The second-order valence-corrected chi connectivity index (χ2v) is 5.32. The number of nitriles is 1. The second-order valence-electron chi connectivity index (χ2n) is 4.13. The van der Waals surface area contributed by atoms with E-state index in [-0.39, 0.29) is 12.2 Å². The minimum atomic E-state index is -0.448. The fraction of sp³-hybridized carbons (Fsp3) is 0.133. The molecule has 2 nitrogen and oxygen atoms in total. The Morgan fingerprint density at radius 1 is 1.25 bits per heavy atom. The van der Waals surface area contributed by atoms with Crippen LogP contribution in [-0.4, -0.2) is 0 Å². The molecule has 0 aromatic heterocycles. The molecular formula is C15H10BrClFNO. The van der Waals surface area contributed by atoms with Gasteiger partial charge >= 0.3 is 0 Å². The van der Waals surface area contributed by atoms with E-state index in [4.69, 9.17) is 21.6 Å². The molecule has 0 aliphatic heterocycles. The van der Waals surface area contributed by atoms with Gasteiger partial charge in [0, 0.05) is 10.0 Å². The van der Waals surface area contributed by atoms with Crippen LogP contribution in [0.2, 0.25) is 0 Å². The van der Waals surface area contributed by atoms with Crippen LogP contribution in [0.15, 0.2) is 40.9 Å². The third kappa shape index (κ3) is 3.72. The number of hydrogen-bond donors (Lipinski definition) is 0. The minimum Gasteiger partial charge on any atom is -0.489 e. The zero-order chi connectivity index (χ0) is 14.5. The fourth-order valence-electron chi connectivity index (χ4n) is 1.75. The Morgan fingerprint density at radius 2 is 2.05 bits per heavy atom. The van der Waals surface area contributed by atoms with Gasteiger partial charge in [-0.1, -0.05) is 15.9 Å². The molecular weight excluding hydrogens is 345 g/mol. The summed E-state index contributed by atoms with van der Waals surface area (Å²) in [5.41, 5.74) is 1.72. The molecule has 2 rings (SSSR count). The Labute approximate surface area is 129 Å². The molecule has 0 spiro atoms. The van der Waals surface area contributed by atoms with Gasteiger partial charge in [0.1, 0.15) is 18.2 Å². The number of rotatable bonds is 4. The Balaban J connectivity index is 2.17. The maximum absolute atomic E-state index is 13.3. The molecule has 0 saturated carbocycles. The molecule has 2 aromatic carbocycles. The van der Waals surface area contributed by atoms with E-state index in [2.05, 4.69) is 15.9 Å². The first-order valence-corrected chi connectivity index (χ1v) is 7.12. The van der Waals surface area contributed by atoms with E-state index < -0.39 is 5.82 Å². The zero-order valence-electron chi connectivity index (χ0n) is 10.4. The molecule has 0 heterocycles. The molecule has 2 aromatic rings. The first-order chi connectivity index (χ1) is 9.62. The van der Waals surface area contributed by atoms with E-state index in [1.807, 2.05) is 18.2 Å². The van der Waals surface area contributed by atoms with Crippen LogP contribution in [0.5, 0.6) is 5.75 Å². The van der Waals surface area contributed by atoms with Gasteiger partial charge < -0.3 is 4.74 Å². The summed E-state index contributed by atoms with van der Waals surface area (Å²) in [5, 5.41) is 8.80. The van der Waals surface area contributed by atoms with Gasteiger partial charge in [-0.05, 0) is 42.0 Å². The van der Waals surface area contributed by atoms with Crippen molar-refractivity contribution in [1.29, 1.82) is 5.26 Å². The molecule has 102 valence electrons. The first-order valence-electron chi connectivity index (χ1n) is 5.79. The van der Waals surface area contributed by atoms with Crippen LogP contribution in [0.1, 0.15) is 16.7 Å². The lowest BCUT2D eigenvalue weighted by Crippen LogP contribution is -1.99. The molecule has 0 saturated heterocycles. The average molecular weight is 355 g/mol. The van der Waals surface area contributed by atoms with E-state index in [1.165, 1.54) is 12.1 Å². The number of nitrogens with zero attached hydrogens (tertiary/aromatic N) is 1. The Hall–Kier alpha value is -1.57. The molecule has 5 heteroatoms. The predicted octanol–water partition coefficient (Wildman–Crippen LogP) is 4.78. The van der Waals surface area contributed by atoms with Gasteiger partial charge in [0.05, 0.1) is 17.5 Å². The van der Waals surface area contributed by atoms with Gasteiger partial charge in [0.15, 0.2) is 0 Å². The van der Waals surface area contributed by atoms with Gasteiger partial charge in [-0.2, -0.15) is 5.26 Å². The number of benzene rings is 2. The molecule has 0 unspecified atom stereocenters. The molecule has 0 aliphatic rings. The molecule has 0 amide bonds. The van der Waals surface area contributed by atoms with Crippen molar-refractivity contribution in [2.45, 2.75) is 12.5 Å². The summed E-state index contributed by atoms with van der Waals surface area (Å²) in [6.45, 7) is 0.179. The van der Waals surface area contributed by atoms with Crippen molar-refractivity contribution in [1.82, 2.24) is 0 Å². The SMILES string of the molecule is N#Cc1cc(F)cc(COc2ccc(Br)cc2CCl)c1. The maximum Gasteiger partial charge on any atom is 0.124 e. The summed E-state index contributed by atoms with van der Waals surface area (Å²) in [6.07, 6.45) is 0. The predicted molar refractivity (Wildman–Crippen MR) is 79.1 cm³/mol. The monoisotopic (exact) mass is 353 g/mol. The summed E-state index contributed by atoms with van der Waals surface area (Å²) >= 11 is 9.22. The lowest BCUT2D eigenvalue weighted by atomic mass is 10.1. The van der Waals surface area contributed by atoms with Crippen LogP contribution in [0, 0.1) is 17.1 Å². The van der Waals surface area contributed by atoms with E-state index in [0.29, 0.717) is 17.2 Å². The molecule has 0 fully saturated rings. The fourth-order valence-corrected chi connectivity index (χ4v) is 2.37. The van der Waals surface area contributed by atoms with Crippen LogP contribution in [0.25, 0.3) is 0 Å². The van der Waals surface area contributed by atoms with Crippen molar-refractivity contribution >= 4 is 27.5 Å². The number of hydrogen-bond acceptors (Lipinski definition) is 2. The summed E-state index contributed by atoms with van der Waals surface area (Å²) < 4.78 is 19.9. The summed E-state index contributed by atoms with van der Waals surface area (Å²) in [5.74, 6) is 0.517. The van der Waals surface area contributed by atoms with Crippen LogP contribution in [0.4, 0.5) is 4.39 Å². The van der Waals surface area contributed by atoms with E-state index in [9.17, 15) is 4.39 Å². The third-order valence-electron chi connectivity index (χ3n) is 2.65. The van der Waals surface area contributed by atoms with Crippen molar-refractivity contribution in [3.8, 4) is 11.8 Å². The smallest absolute Gasteiger partial charge is 0.124 e. The average Bonchev–Trinajstić information content (AvgIpc) is 2.45. The molecule has 0 bridgehead atoms. The standard InChI is InChI=1S/C15H10BrClFNO/c16-13-1-2-15(12(6-13)7-17)20-9-11-3-10(8-19)4-14(18)5-11/h1-6H,7,9H2. The molecule has 0 aliphatic carbocycles.